The Kier molecular flexibility index (Phi) is 5.64. The molecule has 0 amide bonds. The van der Waals surface area contributed by atoms with Crippen molar-refractivity contribution in [1.82, 2.24) is 19.9 Å². The normalized spacial score (nSPS) is 12.8. The van der Waals surface area contributed by atoms with Gasteiger partial charge in [-0.25, -0.2) is 4.98 Å². The van der Waals surface area contributed by atoms with E-state index >= 15 is 0 Å². The molecule has 0 unspecified atom stereocenters. The van der Waals surface area contributed by atoms with Crippen molar-refractivity contribution < 1.29 is 4.74 Å². The van der Waals surface area contributed by atoms with Gasteiger partial charge in [-0.3, -0.25) is 9.59 Å². The Balaban J connectivity index is 1.70. The number of rotatable bonds is 4. The highest BCUT2D eigenvalue weighted by atomic mass is 16.5. The molecule has 2 aromatic heterocycles. The molecule has 0 bridgehead atoms. The molecular weight excluding hydrogens is 404 g/mol. The molecule has 0 atom stereocenters. The number of H-pyrrole nitrogens is 3. The number of hydrogen-bond donors (Lipinski definition) is 3. The maximum absolute atomic E-state index is 12.6. The van der Waals surface area contributed by atoms with Gasteiger partial charge in [0.05, 0.1) is 12.0 Å². The smallest absolute Gasteiger partial charge is 0.272 e. The van der Waals surface area contributed by atoms with Crippen LogP contribution in [0.3, 0.4) is 0 Å². The third kappa shape index (κ3) is 4.78. The summed E-state index contributed by atoms with van der Waals surface area (Å²) in [5.41, 5.74) is 1.22. The molecule has 2 heterocycles. The van der Waals surface area contributed by atoms with Gasteiger partial charge in [0.2, 0.25) is 0 Å². The van der Waals surface area contributed by atoms with Crippen molar-refractivity contribution in [2.45, 2.75) is 26.2 Å². The van der Waals surface area contributed by atoms with Gasteiger partial charge in [0.25, 0.3) is 11.1 Å². The van der Waals surface area contributed by atoms with Crippen LogP contribution in [0.2, 0.25) is 0 Å². The molecule has 4 rings (SSSR count). The Bertz CT molecular complexity index is 1470. The van der Waals surface area contributed by atoms with E-state index < -0.39 is 11.1 Å². The Labute approximate surface area is 184 Å². The Hall–Kier alpha value is -4.13. The summed E-state index contributed by atoms with van der Waals surface area (Å²) in [4.78, 5) is 38.0. The van der Waals surface area contributed by atoms with E-state index in [1.165, 1.54) is 0 Å². The van der Waals surface area contributed by atoms with E-state index in [4.69, 9.17) is 4.74 Å². The van der Waals surface area contributed by atoms with Crippen LogP contribution in [0.5, 0.6) is 11.5 Å². The SMILES string of the molecule is CC(C)(C)c1[nH]cnc1/C=c1\[nH]c(=O)/c(=C/c2cccc(Oc3ccccc3)c2)[nH]c1=O. The monoisotopic (exact) mass is 428 g/mol. The zero-order valence-corrected chi connectivity index (χ0v) is 18.1. The minimum absolute atomic E-state index is 0.144. The second-order valence-electron chi connectivity index (χ2n) is 8.42. The first-order valence-electron chi connectivity index (χ1n) is 10.2. The Morgan fingerprint density at radius 1 is 0.844 bits per heavy atom. The molecule has 0 spiro atoms. The number of nitrogens with zero attached hydrogens (tertiary/aromatic N) is 1. The van der Waals surface area contributed by atoms with E-state index in [0.29, 0.717) is 17.2 Å². The van der Waals surface area contributed by atoms with Gasteiger partial charge < -0.3 is 19.7 Å². The average Bonchev–Trinajstić information content (AvgIpc) is 3.22. The zero-order valence-electron chi connectivity index (χ0n) is 18.1. The summed E-state index contributed by atoms with van der Waals surface area (Å²) in [5.74, 6) is 1.34. The number of nitrogens with one attached hydrogen (secondary N) is 3. The molecule has 7 heteroatoms. The van der Waals surface area contributed by atoms with Gasteiger partial charge in [-0.15, -0.1) is 0 Å². The number of para-hydroxylation sites is 1. The molecule has 7 nitrogen and oxygen atoms in total. The zero-order chi connectivity index (χ0) is 22.7. The summed E-state index contributed by atoms with van der Waals surface area (Å²) in [6.45, 7) is 6.12. The summed E-state index contributed by atoms with van der Waals surface area (Å²) < 4.78 is 5.83. The lowest BCUT2D eigenvalue weighted by atomic mass is 9.90. The molecule has 0 saturated heterocycles. The third-order valence-electron chi connectivity index (χ3n) is 4.83. The molecule has 162 valence electrons. The number of hydrogen-bond acceptors (Lipinski definition) is 4. The molecule has 0 aliphatic carbocycles. The van der Waals surface area contributed by atoms with E-state index in [2.05, 4.69) is 19.9 Å². The number of aromatic nitrogens is 4. The first-order chi connectivity index (χ1) is 15.3. The molecule has 3 N–H and O–H groups in total. The van der Waals surface area contributed by atoms with Gasteiger partial charge in [0.15, 0.2) is 0 Å². The molecule has 0 aliphatic heterocycles. The van der Waals surface area contributed by atoms with Gasteiger partial charge in [-0.1, -0.05) is 51.1 Å². The Morgan fingerprint density at radius 3 is 2.19 bits per heavy atom. The van der Waals surface area contributed by atoms with E-state index in [1.807, 2.05) is 69.3 Å². The summed E-state index contributed by atoms with van der Waals surface area (Å²) in [7, 11) is 0. The molecule has 0 aliphatic rings. The highest BCUT2D eigenvalue weighted by Gasteiger charge is 2.19. The standard InChI is InChI=1S/C25H24N4O3/c1-25(2,3)22-19(26-15-27-22)14-21-24(31)28-20(23(30)29-21)13-16-8-7-11-18(12-16)32-17-9-5-4-6-10-17/h4-15H,1-3H3,(H,26,27)(H,28,31)(H,29,30)/b20-13-,21-14-. The van der Waals surface area contributed by atoms with E-state index in [0.717, 1.165) is 11.3 Å². The molecule has 0 fully saturated rings. The van der Waals surface area contributed by atoms with Gasteiger partial charge in [-0.05, 0) is 42.0 Å². The van der Waals surface area contributed by atoms with Crippen LogP contribution in [0, 0.1) is 0 Å². The lowest BCUT2D eigenvalue weighted by Gasteiger charge is -2.16. The summed E-state index contributed by atoms with van der Waals surface area (Å²) in [6.07, 6.45) is 4.76. The van der Waals surface area contributed by atoms with E-state index in [-0.39, 0.29) is 16.1 Å². The average molecular weight is 428 g/mol. The van der Waals surface area contributed by atoms with E-state index in [1.54, 1.807) is 24.5 Å². The van der Waals surface area contributed by atoms with Crippen LogP contribution in [0.25, 0.3) is 12.2 Å². The molecule has 4 aromatic rings. The van der Waals surface area contributed by atoms with Crippen molar-refractivity contribution >= 4 is 12.2 Å². The summed E-state index contributed by atoms with van der Waals surface area (Å²) in [5, 5.41) is 0.299. The van der Waals surface area contributed by atoms with Crippen molar-refractivity contribution in [2.75, 3.05) is 0 Å². The van der Waals surface area contributed by atoms with Gasteiger partial charge >= 0.3 is 0 Å². The number of benzene rings is 2. The van der Waals surface area contributed by atoms with Crippen LogP contribution < -0.4 is 26.6 Å². The minimum Gasteiger partial charge on any atom is -0.457 e. The van der Waals surface area contributed by atoms with Gasteiger partial charge in [0.1, 0.15) is 22.2 Å². The van der Waals surface area contributed by atoms with Crippen LogP contribution in [-0.4, -0.2) is 19.9 Å². The highest BCUT2D eigenvalue weighted by Crippen LogP contribution is 2.23. The third-order valence-corrected chi connectivity index (χ3v) is 4.83. The quantitative estimate of drug-likeness (QED) is 0.465. The number of aromatic amines is 3. The minimum atomic E-state index is -0.407. The fraction of sp³-hybridized carbons (Fsp3) is 0.160. The van der Waals surface area contributed by atoms with Crippen LogP contribution in [-0.2, 0) is 5.41 Å². The second-order valence-corrected chi connectivity index (χ2v) is 8.42. The lowest BCUT2D eigenvalue weighted by Crippen LogP contribution is -2.46. The maximum Gasteiger partial charge on any atom is 0.272 e. The predicted molar refractivity (Wildman–Crippen MR) is 124 cm³/mol. The maximum atomic E-state index is 12.6. The highest BCUT2D eigenvalue weighted by molar-refractivity contribution is 5.52. The first kappa shape index (κ1) is 21.1. The van der Waals surface area contributed by atoms with Crippen molar-refractivity contribution in [3.8, 4) is 11.5 Å². The van der Waals surface area contributed by atoms with Crippen LogP contribution in [0.4, 0.5) is 0 Å². The van der Waals surface area contributed by atoms with Crippen LogP contribution in [0.1, 0.15) is 37.7 Å². The topological polar surface area (TPSA) is 104 Å². The number of ether oxygens (including phenoxy) is 1. The number of imidazole rings is 1. The molecular formula is C25H24N4O3. The first-order valence-corrected chi connectivity index (χ1v) is 10.2. The van der Waals surface area contributed by atoms with Crippen LogP contribution >= 0.6 is 0 Å². The Morgan fingerprint density at radius 2 is 1.50 bits per heavy atom. The summed E-state index contributed by atoms with van der Waals surface area (Å²) in [6, 6.07) is 16.7. The van der Waals surface area contributed by atoms with Crippen molar-refractivity contribution in [3.05, 3.63) is 109 Å². The van der Waals surface area contributed by atoms with Crippen molar-refractivity contribution in [3.63, 3.8) is 0 Å². The molecule has 0 saturated carbocycles. The largest absolute Gasteiger partial charge is 0.457 e. The molecule has 0 radical (unpaired) electrons. The fourth-order valence-corrected chi connectivity index (χ4v) is 3.31. The second kappa shape index (κ2) is 8.55. The predicted octanol–water partition coefficient (Wildman–Crippen LogP) is 2.53. The van der Waals surface area contributed by atoms with Crippen LogP contribution in [0.15, 0.2) is 70.5 Å². The lowest BCUT2D eigenvalue weighted by molar-refractivity contribution is 0.482. The fourth-order valence-electron chi connectivity index (χ4n) is 3.31. The molecule has 2 aromatic carbocycles. The van der Waals surface area contributed by atoms with E-state index in [9.17, 15) is 9.59 Å². The van der Waals surface area contributed by atoms with Crippen molar-refractivity contribution in [2.24, 2.45) is 0 Å². The summed E-state index contributed by atoms with van der Waals surface area (Å²) >= 11 is 0. The van der Waals surface area contributed by atoms with Crippen molar-refractivity contribution in [1.29, 1.82) is 0 Å². The molecule has 32 heavy (non-hydrogen) atoms. The van der Waals surface area contributed by atoms with Gasteiger partial charge in [0, 0.05) is 11.1 Å². The van der Waals surface area contributed by atoms with Gasteiger partial charge in [-0.2, -0.15) is 0 Å².